The molecule has 0 atom stereocenters. The lowest BCUT2D eigenvalue weighted by Crippen LogP contribution is -1.99. The molecule has 0 unspecified atom stereocenters. The number of benzene rings is 1. The van der Waals surface area contributed by atoms with Crippen LogP contribution in [0.15, 0.2) is 30.3 Å². The van der Waals surface area contributed by atoms with Crippen LogP contribution in [0.4, 0.5) is 5.69 Å². The number of non-ortho nitro benzene ring substituents is 1. The molecular weight excluding hydrogens is 222 g/mol. The highest BCUT2D eigenvalue weighted by Crippen LogP contribution is 2.14. The van der Waals surface area contributed by atoms with Crippen LogP contribution in [-0.2, 0) is 9.59 Å². The Balaban J connectivity index is 2.78. The van der Waals surface area contributed by atoms with Crippen molar-refractivity contribution in [1.82, 2.24) is 0 Å². The van der Waals surface area contributed by atoms with Crippen LogP contribution < -0.4 is 0 Å². The highest BCUT2D eigenvalue weighted by atomic mass is 16.6. The first-order valence-electron chi connectivity index (χ1n) is 4.94. The zero-order chi connectivity index (χ0) is 12.8. The molecule has 0 amide bonds. The zero-order valence-electron chi connectivity index (χ0n) is 9.25. The van der Waals surface area contributed by atoms with Gasteiger partial charge in [-0.1, -0.05) is 18.2 Å². The van der Waals surface area contributed by atoms with E-state index >= 15 is 0 Å². The van der Waals surface area contributed by atoms with Crippen molar-refractivity contribution in [3.8, 4) is 0 Å². The molecule has 88 valence electrons. The molecule has 1 rings (SSSR count). The molecule has 1 aromatic rings. The fraction of sp³-hybridized carbons (Fsp3) is 0.167. The number of carbonyl (C=O) groups is 2. The van der Waals surface area contributed by atoms with Crippen molar-refractivity contribution in [2.75, 3.05) is 0 Å². The predicted octanol–water partition coefficient (Wildman–Crippen LogP) is 2.16. The smallest absolute Gasteiger partial charge is 0.270 e. The average Bonchev–Trinajstić information content (AvgIpc) is 2.26. The number of carbonyl (C=O) groups excluding carboxylic acids is 2. The van der Waals surface area contributed by atoms with Gasteiger partial charge in [0.05, 0.1) is 11.3 Å². The van der Waals surface area contributed by atoms with Crippen LogP contribution in [0, 0.1) is 10.1 Å². The van der Waals surface area contributed by atoms with Crippen LogP contribution in [0.5, 0.6) is 0 Å². The molecule has 0 bridgehead atoms. The highest BCUT2D eigenvalue weighted by Gasteiger charge is 2.04. The Morgan fingerprint density at radius 3 is 2.71 bits per heavy atom. The monoisotopic (exact) mass is 233 g/mol. The number of nitrogens with zero attached hydrogens (tertiary/aromatic N) is 1. The Bertz CT molecular complexity index is 491. The van der Waals surface area contributed by atoms with Gasteiger partial charge in [0, 0.05) is 12.1 Å². The van der Waals surface area contributed by atoms with Gasteiger partial charge in [0.2, 0.25) is 0 Å². The maximum Gasteiger partial charge on any atom is 0.270 e. The van der Waals surface area contributed by atoms with Crippen molar-refractivity contribution >= 4 is 23.3 Å². The molecule has 0 saturated heterocycles. The molecule has 17 heavy (non-hydrogen) atoms. The van der Waals surface area contributed by atoms with Crippen LogP contribution in [0.3, 0.4) is 0 Å². The standard InChI is InChI=1S/C12H11NO4/c1-9(14)7-12(15)6-5-10-3-2-4-11(8-10)13(16)17/h2-6,8H,7H2,1H3/b6-5-. The fourth-order valence-electron chi connectivity index (χ4n) is 1.24. The number of hydrogen-bond acceptors (Lipinski definition) is 4. The van der Waals surface area contributed by atoms with E-state index in [4.69, 9.17) is 0 Å². The third-order valence-corrected chi connectivity index (χ3v) is 1.97. The van der Waals surface area contributed by atoms with Gasteiger partial charge in [0.25, 0.3) is 5.69 Å². The number of hydrogen-bond donors (Lipinski definition) is 0. The number of Topliss-reactive ketones (excluding diaryl/α,β-unsaturated/α-hetero) is 1. The van der Waals surface area contributed by atoms with Crippen LogP contribution in [0.2, 0.25) is 0 Å². The molecule has 0 aromatic heterocycles. The summed E-state index contributed by atoms with van der Waals surface area (Å²) in [5.41, 5.74) is 0.516. The average molecular weight is 233 g/mol. The summed E-state index contributed by atoms with van der Waals surface area (Å²) in [7, 11) is 0. The van der Waals surface area contributed by atoms with Gasteiger partial charge in [-0.3, -0.25) is 19.7 Å². The zero-order valence-corrected chi connectivity index (χ0v) is 9.25. The Hall–Kier alpha value is -2.30. The Morgan fingerprint density at radius 2 is 2.12 bits per heavy atom. The molecule has 0 fully saturated rings. The summed E-state index contributed by atoms with van der Waals surface area (Å²) in [5, 5.41) is 10.5. The lowest BCUT2D eigenvalue weighted by atomic mass is 10.1. The van der Waals surface area contributed by atoms with E-state index in [9.17, 15) is 19.7 Å². The molecule has 0 saturated carbocycles. The van der Waals surface area contributed by atoms with Gasteiger partial charge >= 0.3 is 0 Å². The summed E-state index contributed by atoms with van der Waals surface area (Å²) in [6, 6.07) is 5.91. The fourth-order valence-corrected chi connectivity index (χ4v) is 1.24. The molecule has 0 spiro atoms. The van der Waals surface area contributed by atoms with Crippen molar-refractivity contribution in [1.29, 1.82) is 0 Å². The van der Waals surface area contributed by atoms with Gasteiger partial charge < -0.3 is 0 Å². The first-order valence-corrected chi connectivity index (χ1v) is 4.94. The number of nitro groups is 1. The normalized spacial score (nSPS) is 10.4. The van der Waals surface area contributed by atoms with Crippen molar-refractivity contribution in [2.45, 2.75) is 13.3 Å². The first-order chi connectivity index (χ1) is 7.99. The van der Waals surface area contributed by atoms with Crippen LogP contribution in [0.1, 0.15) is 18.9 Å². The van der Waals surface area contributed by atoms with Crippen molar-refractivity contribution in [3.05, 3.63) is 46.0 Å². The topological polar surface area (TPSA) is 77.3 Å². The molecule has 1 aromatic carbocycles. The highest BCUT2D eigenvalue weighted by molar-refractivity contribution is 6.05. The summed E-state index contributed by atoms with van der Waals surface area (Å²) in [6.07, 6.45) is 2.56. The molecule has 5 heteroatoms. The summed E-state index contributed by atoms with van der Waals surface area (Å²) in [6.45, 7) is 1.33. The summed E-state index contributed by atoms with van der Waals surface area (Å²) >= 11 is 0. The SMILES string of the molecule is CC(=O)CC(=O)/C=C\c1cccc([N+](=O)[O-])c1. The van der Waals surface area contributed by atoms with E-state index in [0.717, 1.165) is 0 Å². The second kappa shape index (κ2) is 5.69. The quantitative estimate of drug-likeness (QED) is 0.338. The Labute approximate surface area is 97.9 Å². The van der Waals surface area contributed by atoms with E-state index < -0.39 is 4.92 Å². The minimum absolute atomic E-state index is 0.0360. The molecule has 5 nitrogen and oxygen atoms in total. The van der Waals surface area contributed by atoms with Gasteiger partial charge in [-0.05, 0) is 18.6 Å². The lowest BCUT2D eigenvalue weighted by Gasteiger charge is -1.94. The van der Waals surface area contributed by atoms with E-state index in [0.29, 0.717) is 5.56 Å². The lowest BCUT2D eigenvalue weighted by molar-refractivity contribution is -0.384. The number of rotatable bonds is 5. The second-order valence-electron chi connectivity index (χ2n) is 3.53. The van der Waals surface area contributed by atoms with Gasteiger partial charge in [0.1, 0.15) is 5.78 Å². The summed E-state index contributed by atoms with van der Waals surface area (Å²) < 4.78 is 0. The van der Waals surface area contributed by atoms with Crippen LogP contribution in [0.25, 0.3) is 6.08 Å². The molecule has 0 aliphatic heterocycles. The van der Waals surface area contributed by atoms with E-state index in [1.807, 2.05) is 0 Å². The minimum atomic E-state index is -0.505. The van der Waals surface area contributed by atoms with Gasteiger partial charge in [-0.25, -0.2) is 0 Å². The summed E-state index contributed by atoms with van der Waals surface area (Å²) in [5.74, 6) is -0.525. The van der Waals surface area contributed by atoms with E-state index in [2.05, 4.69) is 0 Å². The van der Waals surface area contributed by atoms with Gasteiger partial charge in [-0.2, -0.15) is 0 Å². The van der Waals surface area contributed by atoms with Crippen LogP contribution >= 0.6 is 0 Å². The molecule has 0 N–H and O–H groups in total. The van der Waals surface area contributed by atoms with E-state index in [1.165, 1.54) is 37.3 Å². The maximum absolute atomic E-state index is 11.2. The van der Waals surface area contributed by atoms with Crippen molar-refractivity contribution < 1.29 is 14.5 Å². The molecule has 0 aliphatic carbocycles. The minimum Gasteiger partial charge on any atom is -0.300 e. The Morgan fingerprint density at radius 1 is 1.41 bits per heavy atom. The molecule has 0 radical (unpaired) electrons. The molecular formula is C12H11NO4. The van der Waals surface area contributed by atoms with Gasteiger partial charge in [-0.15, -0.1) is 0 Å². The first kappa shape index (κ1) is 12.8. The Kier molecular flexibility index (Phi) is 4.28. The maximum atomic E-state index is 11.2. The third kappa shape index (κ3) is 4.38. The molecule has 0 aliphatic rings. The number of allylic oxidation sites excluding steroid dienone is 1. The molecule has 0 heterocycles. The second-order valence-corrected chi connectivity index (χ2v) is 3.53. The summed E-state index contributed by atoms with van der Waals surface area (Å²) in [4.78, 5) is 31.9. The van der Waals surface area contributed by atoms with E-state index in [-0.39, 0.29) is 23.7 Å². The predicted molar refractivity (Wildman–Crippen MR) is 62.4 cm³/mol. The van der Waals surface area contributed by atoms with Crippen LogP contribution in [-0.4, -0.2) is 16.5 Å². The van der Waals surface area contributed by atoms with E-state index in [1.54, 1.807) is 6.07 Å². The van der Waals surface area contributed by atoms with Crippen molar-refractivity contribution in [2.24, 2.45) is 0 Å². The number of ketones is 2. The van der Waals surface area contributed by atoms with Crippen molar-refractivity contribution in [3.63, 3.8) is 0 Å². The van der Waals surface area contributed by atoms with Gasteiger partial charge in [0.15, 0.2) is 5.78 Å². The third-order valence-electron chi connectivity index (χ3n) is 1.97. The largest absolute Gasteiger partial charge is 0.300 e. The number of nitro benzene ring substituents is 1.